The number of fused-ring (bicyclic) bond motifs is 1. The number of rotatable bonds is 6. The van der Waals surface area contributed by atoms with Gasteiger partial charge in [-0.1, -0.05) is 19.1 Å². The van der Waals surface area contributed by atoms with Crippen molar-refractivity contribution >= 4 is 22.6 Å². The minimum Gasteiger partial charge on any atom is -0.372 e. The molecule has 118 valence electrons. The number of aromatic nitrogens is 2. The first-order chi connectivity index (χ1) is 11.3. The molecule has 5 heteroatoms. The molecule has 0 aliphatic heterocycles. The van der Waals surface area contributed by atoms with Gasteiger partial charge in [-0.25, -0.2) is 4.98 Å². The van der Waals surface area contributed by atoms with E-state index in [2.05, 4.69) is 21.4 Å². The SMILES string of the molecule is CCCOCC(=O)Nc1cccc(-c2cnc3[nH]ccc3c2)c1. The molecule has 0 fully saturated rings. The van der Waals surface area contributed by atoms with Crippen LogP contribution >= 0.6 is 0 Å². The largest absolute Gasteiger partial charge is 0.372 e. The van der Waals surface area contributed by atoms with Gasteiger partial charge < -0.3 is 15.0 Å². The van der Waals surface area contributed by atoms with E-state index in [9.17, 15) is 4.79 Å². The lowest BCUT2D eigenvalue weighted by atomic mass is 10.1. The summed E-state index contributed by atoms with van der Waals surface area (Å²) in [5, 5.41) is 3.91. The third-order valence-corrected chi connectivity index (χ3v) is 3.46. The van der Waals surface area contributed by atoms with Crippen molar-refractivity contribution in [2.45, 2.75) is 13.3 Å². The molecule has 0 bridgehead atoms. The molecule has 3 rings (SSSR count). The quantitative estimate of drug-likeness (QED) is 0.684. The lowest BCUT2D eigenvalue weighted by molar-refractivity contribution is -0.120. The standard InChI is InChI=1S/C18H19N3O2/c1-2-8-23-12-17(22)21-16-5-3-4-13(10-16)15-9-14-6-7-19-18(14)20-11-15/h3-7,9-11H,2,8,12H2,1H3,(H,19,20)(H,21,22). The number of ether oxygens (including phenoxy) is 1. The van der Waals surface area contributed by atoms with Crippen molar-refractivity contribution < 1.29 is 9.53 Å². The first-order valence-electron chi connectivity index (χ1n) is 7.67. The van der Waals surface area contributed by atoms with Gasteiger partial charge in [0.25, 0.3) is 0 Å². The van der Waals surface area contributed by atoms with Gasteiger partial charge in [0.2, 0.25) is 5.91 Å². The Labute approximate surface area is 134 Å². The highest BCUT2D eigenvalue weighted by Gasteiger charge is 2.05. The van der Waals surface area contributed by atoms with Gasteiger partial charge in [0.1, 0.15) is 12.3 Å². The summed E-state index contributed by atoms with van der Waals surface area (Å²) in [6.07, 6.45) is 4.59. The molecule has 1 aromatic carbocycles. The number of carbonyl (C=O) groups excluding carboxylic acids is 1. The maximum absolute atomic E-state index is 11.8. The molecule has 2 heterocycles. The van der Waals surface area contributed by atoms with Gasteiger partial charge >= 0.3 is 0 Å². The number of H-pyrrole nitrogens is 1. The van der Waals surface area contributed by atoms with Crippen LogP contribution in [-0.4, -0.2) is 29.1 Å². The predicted molar refractivity (Wildman–Crippen MR) is 91.3 cm³/mol. The number of amides is 1. The van der Waals surface area contributed by atoms with Crippen LogP contribution in [0.3, 0.4) is 0 Å². The molecule has 0 unspecified atom stereocenters. The summed E-state index contributed by atoms with van der Waals surface area (Å²) in [5.41, 5.74) is 3.64. The van der Waals surface area contributed by atoms with Crippen LogP contribution in [0, 0.1) is 0 Å². The van der Waals surface area contributed by atoms with E-state index in [-0.39, 0.29) is 12.5 Å². The minimum atomic E-state index is -0.144. The summed E-state index contributed by atoms with van der Waals surface area (Å²) in [5.74, 6) is -0.144. The molecule has 0 radical (unpaired) electrons. The molecule has 0 saturated heterocycles. The second-order valence-corrected chi connectivity index (χ2v) is 5.32. The van der Waals surface area contributed by atoms with E-state index >= 15 is 0 Å². The third-order valence-electron chi connectivity index (χ3n) is 3.46. The average Bonchev–Trinajstić information content (AvgIpc) is 3.03. The van der Waals surface area contributed by atoms with Crippen LogP contribution < -0.4 is 5.32 Å². The van der Waals surface area contributed by atoms with Crippen LogP contribution in [0.25, 0.3) is 22.2 Å². The second kappa shape index (κ2) is 7.07. The van der Waals surface area contributed by atoms with E-state index in [1.807, 2.05) is 49.6 Å². The summed E-state index contributed by atoms with van der Waals surface area (Å²) >= 11 is 0. The van der Waals surface area contributed by atoms with Gasteiger partial charge in [0.05, 0.1) is 0 Å². The Morgan fingerprint density at radius 3 is 3.04 bits per heavy atom. The Hall–Kier alpha value is -2.66. The van der Waals surface area contributed by atoms with Crippen LogP contribution in [0.5, 0.6) is 0 Å². The molecular weight excluding hydrogens is 290 g/mol. The Morgan fingerprint density at radius 1 is 1.26 bits per heavy atom. The summed E-state index contributed by atoms with van der Waals surface area (Å²) in [7, 11) is 0. The number of carbonyl (C=O) groups is 1. The molecule has 1 amide bonds. The van der Waals surface area contributed by atoms with Crippen molar-refractivity contribution in [2.75, 3.05) is 18.5 Å². The number of nitrogens with zero attached hydrogens (tertiary/aromatic N) is 1. The lowest BCUT2D eigenvalue weighted by Gasteiger charge is -2.08. The molecule has 0 atom stereocenters. The van der Waals surface area contributed by atoms with Crippen molar-refractivity contribution in [1.82, 2.24) is 9.97 Å². The molecule has 0 spiro atoms. The Bertz CT molecular complexity index is 811. The van der Waals surface area contributed by atoms with Gasteiger partial charge in [-0.15, -0.1) is 0 Å². The Morgan fingerprint density at radius 2 is 2.17 bits per heavy atom. The number of benzene rings is 1. The van der Waals surface area contributed by atoms with E-state index < -0.39 is 0 Å². The summed E-state index contributed by atoms with van der Waals surface area (Å²) in [6, 6.07) is 11.8. The fourth-order valence-corrected chi connectivity index (χ4v) is 2.38. The molecular formula is C18H19N3O2. The van der Waals surface area contributed by atoms with Gasteiger partial charge in [-0.05, 0) is 36.2 Å². The van der Waals surface area contributed by atoms with Crippen molar-refractivity contribution in [2.24, 2.45) is 0 Å². The van der Waals surface area contributed by atoms with Gasteiger partial charge in [-0.3, -0.25) is 4.79 Å². The first-order valence-corrected chi connectivity index (χ1v) is 7.67. The zero-order valence-electron chi connectivity index (χ0n) is 13.0. The molecule has 2 aromatic heterocycles. The number of hydrogen-bond acceptors (Lipinski definition) is 3. The van der Waals surface area contributed by atoms with Crippen LogP contribution in [-0.2, 0) is 9.53 Å². The number of pyridine rings is 1. The zero-order valence-corrected chi connectivity index (χ0v) is 13.0. The number of aromatic amines is 1. The fourth-order valence-electron chi connectivity index (χ4n) is 2.38. The predicted octanol–water partition coefficient (Wildman–Crippen LogP) is 3.60. The van der Waals surface area contributed by atoms with Gasteiger partial charge in [0, 0.05) is 35.6 Å². The van der Waals surface area contributed by atoms with Crippen LogP contribution in [0.15, 0.2) is 48.8 Å². The van der Waals surface area contributed by atoms with Crippen molar-refractivity contribution in [3.05, 3.63) is 48.8 Å². The molecule has 23 heavy (non-hydrogen) atoms. The van der Waals surface area contributed by atoms with Gasteiger partial charge in [0.15, 0.2) is 0 Å². The fraction of sp³-hybridized carbons (Fsp3) is 0.222. The molecule has 5 nitrogen and oxygen atoms in total. The smallest absolute Gasteiger partial charge is 0.250 e. The number of nitrogens with one attached hydrogen (secondary N) is 2. The van der Waals surface area contributed by atoms with Crippen LogP contribution in [0.4, 0.5) is 5.69 Å². The normalized spacial score (nSPS) is 10.8. The zero-order chi connectivity index (χ0) is 16.1. The topological polar surface area (TPSA) is 67.0 Å². The van der Waals surface area contributed by atoms with Crippen molar-refractivity contribution in [3.63, 3.8) is 0 Å². The van der Waals surface area contributed by atoms with Crippen molar-refractivity contribution in [1.29, 1.82) is 0 Å². The third kappa shape index (κ3) is 3.76. The Balaban J connectivity index is 1.75. The van der Waals surface area contributed by atoms with E-state index in [1.54, 1.807) is 0 Å². The highest BCUT2D eigenvalue weighted by Crippen LogP contribution is 2.24. The van der Waals surface area contributed by atoms with Gasteiger partial charge in [-0.2, -0.15) is 0 Å². The number of hydrogen-bond donors (Lipinski definition) is 2. The second-order valence-electron chi connectivity index (χ2n) is 5.32. The highest BCUT2D eigenvalue weighted by atomic mass is 16.5. The number of anilines is 1. The van der Waals surface area contributed by atoms with E-state index in [0.717, 1.165) is 34.3 Å². The summed E-state index contributed by atoms with van der Waals surface area (Å²) in [6.45, 7) is 2.68. The minimum absolute atomic E-state index is 0.0783. The monoisotopic (exact) mass is 309 g/mol. The van der Waals surface area contributed by atoms with Crippen LogP contribution in [0.1, 0.15) is 13.3 Å². The summed E-state index contributed by atoms with van der Waals surface area (Å²) in [4.78, 5) is 19.3. The van der Waals surface area contributed by atoms with E-state index in [0.29, 0.717) is 6.61 Å². The van der Waals surface area contributed by atoms with Crippen molar-refractivity contribution in [3.8, 4) is 11.1 Å². The van der Waals surface area contributed by atoms with E-state index in [4.69, 9.17) is 4.74 Å². The van der Waals surface area contributed by atoms with E-state index in [1.165, 1.54) is 0 Å². The van der Waals surface area contributed by atoms with Crippen LogP contribution in [0.2, 0.25) is 0 Å². The maximum Gasteiger partial charge on any atom is 0.250 e. The molecule has 3 aromatic rings. The molecule has 0 aliphatic carbocycles. The molecule has 0 aliphatic rings. The summed E-state index contributed by atoms with van der Waals surface area (Å²) < 4.78 is 5.25. The Kier molecular flexibility index (Phi) is 4.68. The highest BCUT2D eigenvalue weighted by molar-refractivity contribution is 5.92. The maximum atomic E-state index is 11.8. The lowest BCUT2D eigenvalue weighted by Crippen LogP contribution is -2.18. The molecule has 2 N–H and O–H groups in total. The molecule has 0 saturated carbocycles. The first kappa shape index (κ1) is 15.2. The average molecular weight is 309 g/mol.